The first-order chi connectivity index (χ1) is 7.70. The van der Waals surface area contributed by atoms with Crippen molar-refractivity contribution < 1.29 is 0 Å². The highest BCUT2D eigenvalue weighted by Gasteiger charge is 2.12. The molecule has 4 heteroatoms. The fourth-order valence-electron chi connectivity index (χ4n) is 1.77. The van der Waals surface area contributed by atoms with Crippen LogP contribution in [0.2, 0.25) is 0 Å². The van der Waals surface area contributed by atoms with E-state index in [0.29, 0.717) is 0 Å². The molecule has 1 heterocycles. The number of aryl methyl sites for hydroxylation is 1. The molecule has 16 heavy (non-hydrogen) atoms. The van der Waals surface area contributed by atoms with E-state index in [1.165, 1.54) is 11.1 Å². The summed E-state index contributed by atoms with van der Waals surface area (Å²) in [4.78, 5) is 0. The molecule has 0 aliphatic carbocycles. The molecule has 0 aliphatic heterocycles. The van der Waals surface area contributed by atoms with Gasteiger partial charge in [0, 0.05) is 23.3 Å². The van der Waals surface area contributed by atoms with Gasteiger partial charge in [-0.25, -0.2) is 0 Å². The van der Waals surface area contributed by atoms with Gasteiger partial charge >= 0.3 is 0 Å². The van der Waals surface area contributed by atoms with Crippen molar-refractivity contribution in [2.45, 2.75) is 6.04 Å². The maximum absolute atomic E-state index is 4.20. The molecule has 1 N–H and O–H groups in total. The van der Waals surface area contributed by atoms with E-state index in [-0.39, 0.29) is 6.04 Å². The molecule has 0 bridgehead atoms. The predicted molar refractivity (Wildman–Crippen MR) is 68.3 cm³/mol. The van der Waals surface area contributed by atoms with Gasteiger partial charge in [-0.1, -0.05) is 28.1 Å². The molecule has 2 aromatic rings. The second-order valence-corrected chi connectivity index (χ2v) is 4.64. The molecule has 0 saturated heterocycles. The van der Waals surface area contributed by atoms with E-state index < -0.39 is 0 Å². The fraction of sp³-hybridized carbons (Fsp3) is 0.250. The number of rotatable bonds is 3. The Morgan fingerprint density at radius 2 is 1.94 bits per heavy atom. The van der Waals surface area contributed by atoms with E-state index in [1.807, 2.05) is 31.2 Å². The third-order valence-corrected chi connectivity index (χ3v) is 3.08. The summed E-state index contributed by atoms with van der Waals surface area (Å²) in [7, 11) is 3.89. The zero-order valence-corrected chi connectivity index (χ0v) is 10.9. The van der Waals surface area contributed by atoms with Crippen LogP contribution in [0.25, 0.3) is 0 Å². The summed E-state index contributed by atoms with van der Waals surface area (Å²) in [6.07, 6.45) is 3.92. The second kappa shape index (κ2) is 4.80. The van der Waals surface area contributed by atoms with Crippen LogP contribution in [0.3, 0.4) is 0 Å². The van der Waals surface area contributed by atoms with Gasteiger partial charge in [-0.2, -0.15) is 5.10 Å². The topological polar surface area (TPSA) is 29.9 Å². The summed E-state index contributed by atoms with van der Waals surface area (Å²) in [6, 6.07) is 8.52. The van der Waals surface area contributed by atoms with Crippen LogP contribution in [0.15, 0.2) is 41.1 Å². The molecular formula is C12H14BrN3. The minimum atomic E-state index is 0.196. The van der Waals surface area contributed by atoms with Crippen LogP contribution in [-0.2, 0) is 7.05 Å². The molecule has 0 fully saturated rings. The lowest BCUT2D eigenvalue weighted by molar-refractivity contribution is 0.689. The molecule has 0 saturated carbocycles. The van der Waals surface area contributed by atoms with E-state index >= 15 is 0 Å². The number of nitrogens with one attached hydrogen (secondary N) is 1. The van der Waals surface area contributed by atoms with E-state index in [1.54, 1.807) is 0 Å². The van der Waals surface area contributed by atoms with Gasteiger partial charge in [0.2, 0.25) is 0 Å². The van der Waals surface area contributed by atoms with Crippen molar-refractivity contribution in [3.63, 3.8) is 0 Å². The first-order valence-corrected chi connectivity index (χ1v) is 5.91. The van der Waals surface area contributed by atoms with E-state index in [0.717, 1.165) is 4.47 Å². The second-order valence-electron chi connectivity index (χ2n) is 3.72. The molecule has 1 atom stereocenters. The molecule has 2 rings (SSSR count). The summed E-state index contributed by atoms with van der Waals surface area (Å²) in [5.74, 6) is 0. The van der Waals surface area contributed by atoms with E-state index in [9.17, 15) is 0 Å². The van der Waals surface area contributed by atoms with Crippen LogP contribution in [0.1, 0.15) is 17.2 Å². The summed E-state index contributed by atoms with van der Waals surface area (Å²) in [5.41, 5.74) is 2.41. The normalized spacial score (nSPS) is 12.7. The minimum Gasteiger partial charge on any atom is -0.309 e. The fourth-order valence-corrected chi connectivity index (χ4v) is 2.03. The van der Waals surface area contributed by atoms with Crippen molar-refractivity contribution in [1.82, 2.24) is 15.1 Å². The van der Waals surface area contributed by atoms with Crippen LogP contribution in [0.4, 0.5) is 0 Å². The standard InChI is InChI=1S/C12H14BrN3/c1-14-12(10-7-15-16(2)8-10)9-3-5-11(13)6-4-9/h3-8,12,14H,1-2H3. The Morgan fingerprint density at radius 3 is 2.44 bits per heavy atom. The highest BCUT2D eigenvalue weighted by Crippen LogP contribution is 2.22. The molecule has 0 amide bonds. The van der Waals surface area contributed by atoms with Crippen LogP contribution < -0.4 is 5.32 Å². The van der Waals surface area contributed by atoms with Crippen LogP contribution >= 0.6 is 15.9 Å². The monoisotopic (exact) mass is 279 g/mol. The zero-order chi connectivity index (χ0) is 11.5. The Morgan fingerprint density at radius 1 is 1.25 bits per heavy atom. The van der Waals surface area contributed by atoms with Gasteiger partial charge in [-0.05, 0) is 24.7 Å². The summed E-state index contributed by atoms with van der Waals surface area (Å²) < 4.78 is 2.91. The van der Waals surface area contributed by atoms with Crippen molar-refractivity contribution in [3.05, 3.63) is 52.3 Å². The molecule has 0 spiro atoms. The lowest BCUT2D eigenvalue weighted by Gasteiger charge is -2.14. The average molecular weight is 280 g/mol. The van der Waals surface area contributed by atoms with Crippen LogP contribution in [0, 0.1) is 0 Å². The summed E-state index contributed by atoms with van der Waals surface area (Å²) in [5, 5.41) is 7.49. The molecular weight excluding hydrogens is 266 g/mol. The van der Waals surface area contributed by atoms with E-state index in [4.69, 9.17) is 0 Å². The summed E-state index contributed by atoms with van der Waals surface area (Å²) in [6.45, 7) is 0. The number of halogens is 1. The Kier molecular flexibility index (Phi) is 3.41. The quantitative estimate of drug-likeness (QED) is 0.936. The van der Waals surface area contributed by atoms with Gasteiger partial charge in [0.15, 0.2) is 0 Å². The molecule has 1 aromatic carbocycles. The molecule has 1 aromatic heterocycles. The Hall–Kier alpha value is -1.13. The molecule has 3 nitrogen and oxygen atoms in total. The predicted octanol–water partition coefficient (Wildman–Crippen LogP) is 2.49. The molecule has 1 unspecified atom stereocenters. The molecule has 0 radical (unpaired) electrons. The summed E-state index contributed by atoms with van der Waals surface area (Å²) >= 11 is 3.44. The first-order valence-electron chi connectivity index (χ1n) is 5.12. The van der Waals surface area contributed by atoms with E-state index in [2.05, 4.69) is 50.6 Å². The number of benzene rings is 1. The Bertz CT molecular complexity index is 461. The number of nitrogens with zero attached hydrogens (tertiary/aromatic N) is 2. The van der Waals surface area contributed by atoms with Crippen LogP contribution in [-0.4, -0.2) is 16.8 Å². The number of hydrogen-bond donors (Lipinski definition) is 1. The highest BCUT2D eigenvalue weighted by molar-refractivity contribution is 9.10. The zero-order valence-electron chi connectivity index (χ0n) is 9.31. The Labute approximate surface area is 104 Å². The van der Waals surface area contributed by atoms with Crippen molar-refractivity contribution >= 4 is 15.9 Å². The van der Waals surface area contributed by atoms with Crippen molar-refractivity contribution in [1.29, 1.82) is 0 Å². The van der Waals surface area contributed by atoms with Gasteiger partial charge in [0.05, 0.1) is 12.2 Å². The maximum Gasteiger partial charge on any atom is 0.0605 e. The average Bonchev–Trinajstić information content (AvgIpc) is 2.69. The van der Waals surface area contributed by atoms with Gasteiger partial charge in [0.25, 0.3) is 0 Å². The third-order valence-electron chi connectivity index (χ3n) is 2.55. The molecule has 0 aliphatic rings. The van der Waals surface area contributed by atoms with Crippen LogP contribution in [0.5, 0.6) is 0 Å². The van der Waals surface area contributed by atoms with Gasteiger partial charge in [-0.3, -0.25) is 4.68 Å². The smallest absolute Gasteiger partial charge is 0.0605 e. The SMILES string of the molecule is CNC(c1ccc(Br)cc1)c1cnn(C)c1. The van der Waals surface area contributed by atoms with Gasteiger partial charge < -0.3 is 5.32 Å². The van der Waals surface area contributed by atoms with Crippen molar-refractivity contribution in [3.8, 4) is 0 Å². The largest absolute Gasteiger partial charge is 0.309 e. The van der Waals surface area contributed by atoms with Crippen molar-refractivity contribution in [2.75, 3.05) is 7.05 Å². The minimum absolute atomic E-state index is 0.196. The highest BCUT2D eigenvalue weighted by atomic mass is 79.9. The lowest BCUT2D eigenvalue weighted by Crippen LogP contribution is -2.16. The first kappa shape index (κ1) is 11.4. The maximum atomic E-state index is 4.20. The number of aromatic nitrogens is 2. The lowest BCUT2D eigenvalue weighted by atomic mass is 10.0. The van der Waals surface area contributed by atoms with Gasteiger partial charge in [-0.15, -0.1) is 0 Å². The number of hydrogen-bond acceptors (Lipinski definition) is 2. The third kappa shape index (κ3) is 2.33. The van der Waals surface area contributed by atoms with Gasteiger partial charge in [0.1, 0.15) is 0 Å². The van der Waals surface area contributed by atoms with Crippen molar-refractivity contribution in [2.24, 2.45) is 7.05 Å². The Balaban J connectivity index is 2.32. The molecule has 84 valence electrons.